The average molecular weight is 524 g/mol. The monoisotopic (exact) mass is 523 g/mol. The van der Waals surface area contributed by atoms with Crippen molar-refractivity contribution in [2.45, 2.75) is 25.9 Å². The number of carbonyl (C=O) groups excluding carboxylic acids is 1. The normalized spacial score (nSPS) is 18.5. The molecule has 3 aromatic heterocycles. The van der Waals surface area contributed by atoms with Crippen molar-refractivity contribution in [2.24, 2.45) is 0 Å². The molecule has 198 valence electrons. The number of H-pyrrole nitrogens is 1. The minimum Gasteiger partial charge on any atom is -0.379 e. The van der Waals surface area contributed by atoms with Crippen molar-refractivity contribution < 1.29 is 18.3 Å². The first-order chi connectivity index (χ1) is 18.4. The number of hydrogen-bond donors (Lipinski definition) is 2. The molecule has 2 aliphatic rings. The Morgan fingerprint density at radius 1 is 1.18 bits per heavy atom. The molecule has 1 atom stereocenters. The number of halogens is 2. The number of carbonyl (C=O) groups is 1. The van der Waals surface area contributed by atoms with Crippen molar-refractivity contribution in [1.82, 2.24) is 29.8 Å². The molecule has 6 rings (SSSR count). The van der Waals surface area contributed by atoms with Gasteiger partial charge in [0.1, 0.15) is 16.7 Å². The highest BCUT2D eigenvalue weighted by molar-refractivity contribution is 5.92. The van der Waals surface area contributed by atoms with E-state index in [2.05, 4.69) is 25.3 Å². The van der Waals surface area contributed by atoms with Crippen molar-refractivity contribution in [3.05, 3.63) is 69.4 Å². The Bertz CT molecular complexity index is 1590. The Labute approximate surface area is 216 Å². The smallest absolute Gasteiger partial charge is 0.274 e. The molecule has 10 nitrogen and oxygen atoms in total. The maximum atomic E-state index is 15.4. The van der Waals surface area contributed by atoms with Gasteiger partial charge in [0.25, 0.3) is 11.5 Å². The van der Waals surface area contributed by atoms with Gasteiger partial charge in [-0.2, -0.15) is 9.49 Å². The Balaban J connectivity index is 1.12. The van der Waals surface area contributed by atoms with Crippen LogP contribution in [0.15, 0.2) is 35.3 Å². The summed E-state index contributed by atoms with van der Waals surface area (Å²) in [7, 11) is 0. The lowest BCUT2D eigenvalue weighted by atomic mass is 10.1. The van der Waals surface area contributed by atoms with Crippen LogP contribution in [0.3, 0.4) is 0 Å². The Morgan fingerprint density at radius 2 is 2.00 bits per heavy atom. The van der Waals surface area contributed by atoms with Gasteiger partial charge in [0.15, 0.2) is 5.82 Å². The quantitative estimate of drug-likeness (QED) is 0.386. The van der Waals surface area contributed by atoms with Gasteiger partial charge in [0.05, 0.1) is 30.0 Å². The molecule has 5 heterocycles. The number of rotatable bonds is 5. The van der Waals surface area contributed by atoms with Crippen molar-refractivity contribution in [1.29, 1.82) is 0 Å². The van der Waals surface area contributed by atoms with E-state index >= 15 is 4.39 Å². The van der Waals surface area contributed by atoms with Crippen LogP contribution in [-0.2, 0) is 11.3 Å². The summed E-state index contributed by atoms with van der Waals surface area (Å²) in [5.41, 5.74) is 2.18. The van der Waals surface area contributed by atoms with Gasteiger partial charge in [-0.25, -0.2) is 13.9 Å². The lowest BCUT2D eigenvalue weighted by Gasteiger charge is -2.36. The lowest BCUT2D eigenvalue weighted by molar-refractivity contribution is 0.0923. The number of fused-ring (bicyclic) bond motifs is 3. The second-order valence-corrected chi connectivity index (χ2v) is 9.78. The highest BCUT2D eigenvalue weighted by Crippen LogP contribution is 2.24. The van der Waals surface area contributed by atoms with Crippen LogP contribution < -0.4 is 15.8 Å². The van der Waals surface area contributed by atoms with E-state index in [-0.39, 0.29) is 22.8 Å². The van der Waals surface area contributed by atoms with E-state index in [1.807, 2.05) is 4.90 Å². The predicted molar refractivity (Wildman–Crippen MR) is 136 cm³/mol. The summed E-state index contributed by atoms with van der Waals surface area (Å²) >= 11 is 0. The zero-order valence-corrected chi connectivity index (χ0v) is 20.8. The van der Waals surface area contributed by atoms with Crippen LogP contribution in [0.1, 0.15) is 28.0 Å². The van der Waals surface area contributed by atoms with Gasteiger partial charge in [-0.3, -0.25) is 14.5 Å². The molecule has 1 aromatic carbocycles. The van der Waals surface area contributed by atoms with Crippen molar-refractivity contribution in [3.8, 4) is 0 Å². The first-order valence-electron chi connectivity index (χ1n) is 12.6. The van der Waals surface area contributed by atoms with Gasteiger partial charge in [-0.05, 0) is 31.5 Å². The third-order valence-corrected chi connectivity index (χ3v) is 7.27. The molecule has 0 radical (unpaired) electrons. The molecule has 0 spiro atoms. The molecule has 12 heteroatoms. The third-order valence-electron chi connectivity index (χ3n) is 7.27. The van der Waals surface area contributed by atoms with Crippen LogP contribution in [0.5, 0.6) is 0 Å². The number of anilines is 1. The maximum Gasteiger partial charge on any atom is 0.274 e. The molecule has 4 aromatic rings. The fourth-order valence-electron chi connectivity index (χ4n) is 5.17. The highest BCUT2D eigenvalue weighted by atomic mass is 19.1. The molecule has 0 aliphatic carbocycles. The van der Waals surface area contributed by atoms with E-state index in [9.17, 15) is 14.0 Å². The van der Waals surface area contributed by atoms with Gasteiger partial charge in [0, 0.05) is 50.5 Å². The van der Waals surface area contributed by atoms with E-state index < -0.39 is 17.7 Å². The summed E-state index contributed by atoms with van der Waals surface area (Å²) in [6, 6.07) is 6.50. The molecule has 1 amide bonds. The van der Waals surface area contributed by atoms with E-state index in [1.165, 1.54) is 10.6 Å². The molecule has 0 bridgehead atoms. The fourth-order valence-corrected chi connectivity index (χ4v) is 5.17. The number of hydrogen-bond acceptors (Lipinski definition) is 7. The van der Waals surface area contributed by atoms with Gasteiger partial charge < -0.3 is 19.9 Å². The third kappa shape index (κ3) is 4.39. The van der Waals surface area contributed by atoms with E-state index in [0.29, 0.717) is 68.2 Å². The molecular weight excluding hydrogens is 496 g/mol. The summed E-state index contributed by atoms with van der Waals surface area (Å²) in [5.74, 6) is -1.60. The number of piperazine rings is 1. The van der Waals surface area contributed by atoms with Crippen LogP contribution in [0, 0.1) is 18.7 Å². The van der Waals surface area contributed by atoms with E-state index in [1.54, 1.807) is 31.3 Å². The Kier molecular flexibility index (Phi) is 6.28. The number of nitrogens with one attached hydrogen (secondary N) is 2. The van der Waals surface area contributed by atoms with Crippen LogP contribution in [0.25, 0.3) is 16.6 Å². The standard InChI is InChI=1S/C26H27F2N7O3/c1-15-12-29-35-19-4-2-16(21(27)22(19)32-26(37)23(15)35)13-33-7-9-34(10-8-33)20-5-3-18(31-24(20)28)25(36)30-17-6-11-38-14-17/h2-5,12,17H,6-11,13-14H2,1H3,(H,30,36)(H,32,37)/t17-/m1/s1. The Morgan fingerprint density at radius 3 is 2.74 bits per heavy atom. The average Bonchev–Trinajstić information content (AvgIpc) is 3.57. The number of nitrogens with zero attached hydrogens (tertiary/aromatic N) is 5. The number of aryl methyl sites for hydroxylation is 1. The zero-order valence-electron chi connectivity index (χ0n) is 20.8. The molecule has 0 unspecified atom stereocenters. The molecular formula is C26H27F2N7O3. The summed E-state index contributed by atoms with van der Waals surface area (Å²) in [6.07, 6.45) is 2.31. The van der Waals surface area contributed by atoms with Crippen LogP contribution in [-0.4, -0.2) is 75.8 Å². The second kappa shape index (κ2) is 9.76. The molecule has 38 heavy (non-hydrogen) atoms. The van der Waals surface area contributed by atoms with Gasteiger partial charge in [-0.1, -0.05) is 6.07 Å². The minimum absolute atomic E-state index is 0.0316. The van der Waals surface area contributed by atoms with Gasteiger partial charge >= 0.3 is 0 Å². The van der Waals surface area contributed by atoms with Gasteiger partial charge in [0.2, 0.25) is 5.95 Å². The number of amides is 1. The number of ether oxygens (including phenoxy) is 1. The topological polar surface area (TPSA) is 108 Å². The Hall–Kier alpha value is -3.90. The summed E-state index contributed by atoms with van der Waals surface area (Å²) < 4.78 is 37.0. The molecule has 2 N–H and O–H groups in total. The summed E-state index contributed by atoms with van der Waals surface area (Å²) in [6.45, 7) is 5.37. The number of pyridine rings is 1. The van der Waals surface area contributed by atoms with Crippen molar-refractivity contribution >= 4 is 28.1 Å². The predicted octanol–water partition coefficient (Wildman–Crippen LogP) is 2.00. The summed E-state index contributed by atoms with van der Waals surface area (Å²) in [4.78, 5) is 35.4. The molecule has 0 saturated carbocycles. The molecule has 2 fully saturated rings. The van der Waals surface area contributed by atoms with Gasteiger partial charge in [-0.15, -0.1) is 0 Å². The van der Waals surface area contributed by atoms with Crippen molar-refractivity contribution in [2.75, 3.05) is 44.3 Å². The van der Waals surface area contributed by atoms with Crippen molar-refractivity contribution in [3.63, 3.8) is 0 Å². The molecule has 2 saturated heterocycles. The maximum absolute atomic E-state index is 15.4. The second-order valence-electron chi connectivity index (χ2n) is 9.78. The van der Waals surface area contributed by atoms with Crippen LogP contribution in [0.4, 0.5) is 14.5 Å². The largest absolute Gasteiger partial charge is 0.379 e. The number of aromatic nitrogens is 4. The van der Waals surface area contributed by atoms with Crippen LogP contribution >= 0.6 is 0 Å². The minimum atomic E-state index is -0.696. The summed E-state index contributed by atoms with van der Waals surface area (Å²) in [5, 5.41) is 7.04. The first-order valence-corrected chi connectivity index (χ1v) is 12.6. The number of aromatic amines is 1. The highest BCUT2D eigenvalue weighted by Gasteiger charge is 2.24. The molecule has 2 aliphatic heterocycles. The lowest BCUT2D eigenvalue weighted by Crippen LogP contribution is -2.46. The first kappa shape index (κ1) is 24.4. The van der Waals surface area contributed by atoms with Crippen LogP contribution in [0.2, 0.25) is 0 Å². The van der Waals surface area contributed by atoms with E-state index in [0.717, 1.165) is 12.0 Å². The fraction of sp³-hybridized carbons (Fsp3) is 0.385. The van der Waals surface area contributed by atoms with E-state index in [4.69, 9.17) is 4.74 Å². The SMILES string of the molecule is Cc1cnn2c1c(=O)[nH]c1c(F)c(CN3CCN(c4ccc(C(=O)N[C@@H]5CCOC5)nc4F)CC3)ccc12. The number of benzene rings is 1. The zero-order chi connectivity index (χ0) is 26.4.